The lowest BCUT2D eigenvalue weighted by Crippen LogP contribution is -2.68. The van der Waals surface area contributed by atoms with Crippen LogP contribution in [0.4, 0.5) is 5.69 Å². The quantitative estimate of drug-likeness (QED) is 0.799. The smallest absolute Gasteiger partial charge is 0.223 e. The fraction of sp³-hybridized carbons (Fsp3) is 0.500. The number of amides is 1. The van der Waals surface area contributed by atoms with Gasteiger partial charge in [-0.05, 0) is 30.7 Å². The van der Waals surface area contributed by atoms with E-state index in [9.17, 15) is 4.79 Å². The Bertz CT molecular complexity index is 541. The fourth-order valence-corrected chi connectivity index (χ4v) is 3.56. The molecule has 1 fully saturated rings. The molecule has 0 aliphatic carbocycles. The highest BCUT2D eigenvalue weighted by atomic mass is 79.9. The lowest BCUT2D eigenvalue weighted by atomic mass is 9.76. The molecule has 0 bridgehead atoms. The van der Waals surface area contributed by atoms with Gasteiger partial charge in [-0.15, -0.1) is 0 Å². The molecule has 1 aromatic carbocycles. The second kappa shape index (κ2) is 3.50. The van der Waals surface area contributed by atoms with E-state index in [1.165, 1.54) is 11.3 Å². The molecule has 2 heterocycles. The van der Waals surface area contributed by atoms with Crippen LogP contribution in [0.15, 0.2) is 22.7 Å². The Hall–Kier alpha value is -1.03. The average Bonchev–Trinajstić information content (AvgIpc) is 2.45. The number of hydrogen-bond donors (Lipinski definition) is 1. The normalized spacial score (nSPS) is 28.7. The second-order valence-corrected chi connectivity index (χ2v) is 6.72. The second-order valence-electron chi connectivity index (χ2n) is 5.81. The van der Waals surface area contributed by atoms with Crippen LogP contribution < -0.4 is 10.2 Å². The van der Waals surface area contributed by atoms with E-state index in [1.807, 2.05) is 0 Å². The van der Waals surface area contributed by atoms with Gasteiger partial charge in [0.25, 0.3) is 0 Å². The summed E-state index contributed by atoms with van der Waals surface area (Å²) in [5.41, 5.74) is 2.10. The molecule has 4 heteroatoms. The summed E-state index contributed by atoms with van der Waals surface area (Å²) in [4.78, 5) is 14.1. The zero-order valence-electron chi connectivity index (χ0n) is 10.9. The molecule has 0 saturated carbocycles. The van der Waals surface area contributed by atoms with Crippen LogP contribution >= 0.6 is 15.9 Å². The van der Waals surface area contributed by atoms with Crippen LogP contribution in [0.2, 0.25) is 0 Å². The Morgan fingerprint density at radius 3 is 2.78 bits per heavy atom. The summed E-state index contributed by atoms with van der Waals surface area (Å²) < 4.78 is 1.09. The molecule has 1 aromatic rings. The van der Waals surface area contributed by atoms with Crippen LogP contribution in [0.3, 0.4) is 0 Å². The number of nitrogens with one attached hydrogen (secondary N) is 1. The molecule has 0 aromatic heterocycles. The minimum absolute atomic E-state index is 0.109. The molecular formula is C14H17BrN2O. The predicted molar refractivity (Wildman–Crippen MR) is 75.7 cm³/mol. The number of rotatable bonds is 0. The third-order valence-electron chi connectivity index (χ3n) is 4.62. The minimum Gasteiger partial charge on any atom is -0.347 e. The SMILES string of the molecule is CC1(C)c2cc(Br)ccc2N2CCC(=O)NC21C. The van der Waals surface area contributed by atoms with Crippen molar-refractivity contribution in [3.63, 3.8) is 0 Å². The molecule has 0 radical (unpaired) electrons. The molecule has 3 rings (SSSR count). The monoisotopic (exact) mass is 308 g/mol. The van der Waals surface area contributed by atoms with Crippen molar-refractivity contribution in [2.24, 2.45) is 0 Å². The third-order valence-corrected chi connectivity index (χ3v) is 5.12. The van der Waals surface area contributed by atoms with Gasteiger partial charge in [-0.2, -0.15) is 0 Å². The number of nitrogens with zero attached hydrogens (tertiary/aromatic N) is 1. The van der Waals surface area contributed by atoms with E-state index in [0.29, 0.717) is 6.42 Å². The van der Waals surface area contributed by atoms with E-state index in [0.717, 1.165) is 11.0 Å². The van der Waals surface area contributed by atoms with E-state index in [2.05, 4.69) is 65.1 Å². The molecule has 0 spiro atoms. The van der Waals surface area contributed by atoms with Crippen molar-refractivity contribution in [3.05, 3.63) is 28.2 Å². The Morgan fingerprint density at radius 1 is 1.33 bits per heavy atom. The summed E-state index contributed by atoms with van der Waals surface area (Å²) in [6, 6.07) is 6.38. The topological polar surface area (TPSA) is 32.3 Å². The molecule has 18 heavy (non-hydrogen) atoms. The maximum atomic E-state index is 11.8. The molecule has 1 amide bonds. The third kappa shape index (κ3) is 1.32. The highest BCUT2D eigenvalue weighted by Gasteiger charge is 2.56. The van der Waals surface area contributed by atoms with Gasteiger partial charge in [0.1, 0.15) is 5.66 Å². The summed E-state index contributed by atoms with van der Waals surface area (Å²) in [5, 5.41) is 3.18. The van der Waals surface area contributed by atoms with Gasteiger partial charge >= 0.3 is 0 Å². The van der Waals surface area contributed by atoms with Gasteiger partial charge in [0.15, 0.2) is 0 Å². The lowest BCUT2D eigenvalue weighted by molar-refractivity contribution is -0.125. The largest absolute Gasteiger partial charge is 0.347 e. The van der Waals surface area contributed by atoms with Crippen LogP contribution in [0.25, 0.3) is 0 Å². The van der Waals surface area contributed by atoms with Gasteiger partial charge < -0.3 is 10.2 Å². The molecule has 96 valence electrons. The van der Waals surface area contributed by atoms with Gasteiger partial charge in [-0.1, -0.05) is 29.8 Å². The zero-order valence-corrected chi connectivity index (χ0v) is 12.5. The Labute approximate surface area is 116 Å². The van der Waals surface area contributed by atoms with E-state index in [-0.39, 0.29) is 17.0 Å². The molecule has 2 aliphatic heterocycles. The first-order chi connectivity index (χ1) is 8.36. The molecule has 3 nitrogen and oxygen atoms in total. The first kappa shape index (κ1) is 12.0. The Balaban J connectivity index is 2.21. The highest BCUT2D eigenvalue weighted by molar-refractivity contribution is 9.10. The van der Waals surface area contributed by atoms with Gasteiger partial charge in [0, 0.05) is 28.5 Å². The van der Waals surface area contributed by atoms with Crippen LogP contribution in [-0.4, -0.2) is 18.1 Å². The molecule has 1 unspecified atom stereocenters. The molecule has 1 N–H and O–H groups in total. The number of hydrogen-bond acceptors (Lipinski definition) is 2. The zero-order chi connectivity index (χ0) is 13.1. The van der Waals surface area contributed by atoms with E-state index >= 15 is 0 Å². The standard InChI is InChI=1S/C14H17BrN2O/c1-13(2)10-8-9(15)4-5-11(10)17-7-6-12(18)16-14(13,17)3/h4-5,8H,6-7H2,1-3H3,(H,16,18). The van der Waals surface area contributed by atoms with Crippen molar-refractivity contribution in [3.8, 4) is 0 Å². The van der Waals surface area contributed by atoms with E-state index in [1.54, 1.807) is 0 Å². The predicted octanol–water partition coefficient (Wildman–Crippen LogP) is 2.78. The molecule has 2 aliphatic rings. The summed E-state index contributed by atoms with van der Waals surface area (Å²) in [6.07, 6.45) is 0.571. The number of carbonyl (C=O) groups excluding carboxylic acids is 1. The molecular weight excluding hydrogens is 292 g/mol. The Morgan fingerprint density at radius 2 is 2.06 bits per heavy atom. The first-order valence-electron chi connectivity index (χ1n) is 6.25. The van der Waals surface area contributed by atoms with Crippen molar-refractivity contribution in [1.82, 2.24) is 5.32 Å². The number of fused-ring (bicyclic) bond motifs is 3. The summed E-state index contributed by atoms with van der Waals surface area (Å²) in [5.74, 6) is 0.147. The van der Waals surface area contributed by atoms with Crippen molar-refractivity contribution in [2.75, 3.05) is 11.4 Å². The number of halogens is 1. The van der Waals surface area contributed by atoms with Crippen molar-refractivity contribution < 1.29 is 4.79 Å². The summed E-state index contributed by atoms with van der Waals surface area (Å²) in [7, 11) is 0. The van der Waals surface area contributed by atoms with Crippen LogP contribution in [-0.2, 0) is 10.2 Å². The van der Waals surface area contributed by atoms with Crippen LogP contribution in [0.1, 0.15) is 32.8 Å². The van der Waals surface area contributed by atoms with E-state index in [4.69, 9.17) is 0 Å². The average molecular weight is 309 g/mol. The van der Waals surface area contributed by atoms with Crippen molar-refractivity contribution in [2.45, 2.75) is 38.3 Å². The number of benzene rings is 1. The van der Waals surface area contributed by atoms with E-state index < -0.39 is 0 Å². The number of carbonyl (C=O) groups is 1. The number of anilines is 1. The summed E-state index contributed by atoms with van der Waals surface area (Å²) >= 11 is 3.54. The maximum Gasteiger partial charge on any atom is 0.223 e. The molecule has 1 atom stereocenters. The Kier molecular flexibility index (Phi) is 2.34. The van der Waals surface area contributed by atoms with Crippen molar-refractivity contribution >= 4 is 27.5 Å². The summed E-state index contributed by atoms with van der Waals surface area (Å²) in [6.45, 7) is 7.31. The van der Waals surface area contributed by atoms with Gasteiger partial charge in [-0.25, -0.2) is 0 Å². The first-order valence-corrected chi connectivity index (χ1v) is 7.04. The minimum atomic E-state index is -0.328. The van der Waals surface area contributed by atoms with Crippen LogP contribution in [0.5, 0.6) is 0 Å². The van der Waals surface area contributed by atoms with Crippen LogP contribution in [0, 0.1) is 0 Å². The lowest BCUT2D eigenvalue weighted by Gasteiger charge is -2.48. The highest BCUT2D eigenvalue weighted by Crippen LogP contribution is 2.51. The fourth-order valence-electron chi connectivity index (χ4n) is 3.20. The maximum absolute atomic E-state index is 11.8. The molecule has 1 saturated heterocycles. The van der Waals surface area contributed by atoms with Crippen molar-refractivity contribution in [1.29, 1.82) is 0 Å². The van der Waals surface area contributed by atoms with Gasteiger partial charge in [0.05, 0.1) is 0 Å². The van der Waals surface area contributed by atoms with Gasteiger partial charge in [-0.3, -0.25) is 4.79 Å². The van der Waals surface area contributed by atoms with Gasteiger partial charge in [0.2, 0.25) is 5.91 Å².